The Morgan fingerprint density at radius 1 is 1.12 bits per heavy atom. The molecule has 2 aromatic carbocycles. The van der Waals surface area contributed by atoms with E-state index in [0.29, 0.717) is 33.8 Å². The molecule has 0 radical (unpaired) electrons. The number of benzene rings is 2. The Hall–Kier alpha value is -4.40. The predicted molar refractivity (Wildman–Crippen MR) is 122 cm³/mol. The van der Waals surface area contributed by atoms with E-state index in [9.17, 15) is 23.9 Å². The van der Waals surface area contributed by atoms with E-state index in [1.807, 2.05) is 0 Å². The lowest BCUT2D eigenvalue weighted by molar-refractivity contribution is -0.133. The van der Waals surface area contributed by atoms with Gasteiger partial charge in [0.1, 0.15) is 5.82 Å². The highest BCUT2D eigenvalue weighted by Crippen LogP contribution is 2.39. The smallest absolute Gasteiger partial charge is 0.333 e. The lowest BCUT2D eigenvalue weighted by atomic mass is 9.85. The summed E-state index contributed by atoms with van der Waals surface area (Å²) in [7, 11) is 0. The Balaban J connectivity index is 1.89. The zero-order valence-electron chi connectivity index (χ0n) is 18.4. The van der Waals surface area contributed by atoms with E-state index in [2.05, 4.69) is 9.97 Å². The molecule has 1 atom stereocenters. The lowest BCUT2D eigenvalue weighted by Gasteiger charge is -2.31. The topological polar surface area (TPSA) is 126 Å². The number of hydrogen-bond donors (Lipinski definition) is 2. The summed E-state index contributed by atoms with van der Waals surface area (Å²) >= 11 is 0. The van der Waals surface area contributed by atoms with Gasteiger partial charge in [-0.1, -0.05) is 12.1 Å². The minimum atomic E-state index is -1.20. The summed E-state index contributed by atoms with van der Waals surface area (Å²) in [5.74, 6) is -3.41. The molecule has 3 N–H and O–H groups in total. The van der Waals surface area contributed by atoms with Crippen LogP contribution in [0.4, 0.5) is 10.1 Å². The summed E-state index contributed by atoms with van der Waals surface area (Å²) in [5.41, 5.74) is 8.61. The Morgan fingerprint density at radius 3 is 2.41 bits per heavy atom. The molecule has 8 nitrogen and oxygen atoms in total. The van der Waals surface area contributed by atoms with Crippen LogP contribution in [0.25, 0.3) is 11.3 Å². The molecule has 2 amide bonds. The van der Waals surface area contributed by atoms with Crippen molar-refractivity contribution in [3.8, 4) is 11.3 Å². The van der Waals surface area contributed by atoms with Crippen LogP contribution in [-0.2, 0) is 9.59 Å². The molecule has 3 aromatic rings. The van der Waals surface area contributed by atoms with Crippen molar-refractivity contribution in [2.45, 2.75) is 26.2 Å². The third kappa shape index (κ3) is 4.27. The SMILES string of the molecule is Cc1cnc(-c2cc(C(N)=O)c(C)cc2N2C=C(C(=O)O)[C@H](c3ccc(F)cc3)CC2=O)cn1. The minimum absolute atomic E-state index is 0.0243. The van der Waals surface area contributed by atoms with E-state index in [1.165, 1.54) is 47.6 Å². The van der Waals surface area contributed by atoms with Crippen molar-refractivity contribution in [1.29, 1.82) is 0 Å². The molecule has 0 bridgehead atoms. The van der Waals surface area contributed by atoms with E-state index in [-0.39, 0.29) is 23.5 Å². The number of rotatable bonds is 5. The molecule has 0 unspecified atom stereocenters. The first-order chi connectivity index (χ1) is 16.2. The van der Waals surface area contributed by atoms with Crippen molar-refractivity contribution in [2.75, 3.05) is 4.90 Å². The van der Waals surface area contributed by atoms with Crippen LogP contribution in [0.3, 0.4) is 0 Å². The standard InChI is InChI=1S/C25H21FN4O4/c1-13-7-22(19(8-17(13)24(27)32)21-11-28-14(2)10-29-21)30-12-20(25(33)34)18(9-23(30)31)15-3-5-16(26)6-4-15/h3-8,10-12,18H,9H2,1-2H3,(H2,27,32)(H,33,34)/t18-/m0/s1. The molecule has 1 aliphatic rings. The predicted octanol–water partition coefficient (Wildman–Crippen LogP) is 3.49. The first-order valence-corrected chi connectivity index (χ1v) is 10.4. The van der Waals surface area contributed by atoms with Crippen LogP contribution in [0.5, 0.6) is 0 Å². The van der Waals surface area contributed by atoms with Crippen LogP contribution in [0.2, 0.25) is 0 Å². The molecule has 0 saturated heterocycles. The van der Waals surface area contributed by atoms with E-state index in [1.54, 1.807) is 26.1 Å². The molecule has 0 fully saturated rings. The Kier molecular flexibility index (Phi) is 5.93. The highest BCUT2D eigenvalue weighted by Gasteiger charge is 2.34. The van der Waals surface area contributed by atoms with Crippen LogP contribution in [-0.4, -0.2) is 32.9 Å². The van der Waals surface area contributed by atoms with Crippen molar-refractivity contribution in [3.05, 3.63) is 88.8 Å². The van der Waals surface area contributed by atoms with Gasteiger partial charge in [-0.2, -0.15) is 0 Å². The van der Waals surface area contributed by atoms with E-state index < -0.39 is 23.6 Å². The molecular weight excluding hydrogens is 439 g/mol. The number of carbonyl (C=O) groups is 3. The normalized spacial score (nSPS) is 15.7. The second-order valence-corrected chi connectivity index (χ2v) is 8.05. The summed E-state index contributed by atoms with van der Waals surface area (Å²) in [6, 6.07) is 8.53. The van der Waals surface area contributed by atoms with Gasteiger partial charge in [0.15, 0.2) is 0 Å². The number of primary amides is 1. The number of nitrogens with two attached hydrogens (primary N) is 1. The molecule has 1 aromatic heterocycles. The number of aliphatic carboxylic acids is 1. The summed E-state index contributed by atoms with van der Waals surface area (Å²) in [4.78, 5) is 47.2. The molecule has 4 rings (SSSR count). The third-order valence-electron chi connectivity index (χ3n) is 5.73. The van der Waals surface area contributed by atoms with Crippen molar-refractivity contribution in [2.24, 2.45) is 5.73 Å². The average Bonchev–Trinajstić information content (AvgIpc) is 2.79. The summed E-state index contributed by atoms with van der Waals surface area (Å²) in [5, 5.41) is 9.90. The number of halogens is 1. The number of aromatic nitrogens is 2. The molecular formula is C25H21FN4O4. The fourth-order valence-electron chi connectivity index (χ4n) is 3.98. The molecule has 0 aliphatic carbocycles. The van der Waals surface area contributed by atoms with E-state index >= 15 is 0 Å². The summed E-state index contributed by atoms with van der Waals surface area (Å²) < 4.78 is 13.4. The van der Waals surface area contributed by atoms with Crippen molar-refractivity contribution in [3.63, 3.8) is 0 Å². The second-order valence-electron chi connectivity index (χ2n) is 8.05. The molecule has 34 heavy (non-hydrogen) atoms. The molecule has 1 aliphatic heterocycles. The monoisotopic (exact) mass is 460 g/mol. The number of aryl methyl sites for hydroxylation is 2. The third-order valence-corrected chi connectivity index (χ3v) is 5.73. The van der Waals surface area contributed by atoms with Crippen LogP contribution in [0.15, 0.2) is 60.6 Å². The van der Waals surface area contributed by atoms with Gasteiger partial charge in [0.05, 0.1) is 28.8 Å². The Labute approximate surface area is 194 Å². The van der Waals surface area contributed by atoms with Crippen LogP contribution in [0, 0.1) is 19.7 Å². The molecule has 9 heteroatoms. The van der Waals surface area contributed by atoms with Gasteiger partial charge in [0.25, 0.3) is 0 Å². The van der Waals surface area contributed by atoms with Gasteiger partial charge >= 0.3 is 5.97 Å². The minimum Gasteiger partial charge on any atom is -0.478 e. The fraction of sp³-hybridized carbons (Fsp3) is 0.160. The number of hydrogen-bond acceptors (Lipinski definition) is 5. The number of nitrogens with zero attached hydrogens (tertiary/aromatic N) is 3. The van der Waals surface area contributed by atoms with Crippen LogP contribution < -0.4 is 10.6 Å². The maximum absolute atomic E-state index is 13.4. The maximum atomic E-state index is 13.4. The van der Waals surface area contributed by atoms with Gasteiger partial charge < -0.3 is 10.8 Å². The number of amides is 2. The number of carboxylic acid groups (broad SMARTS) is 1. The van der Waals surface area contributed by atoms with Crippen molar-refractivity contribution in [1.82, 2.24) is 9.97 Å². The van der Waals surface area contributed by atoms with E-state index in [0.717, 1.165) is 0 Å². The summed E-state index contributed by atoms with van der Waals surface area (Å²) in [6.45, 7) is 3.44. The Morgan fingerprint density at radius 2 is 1.82 bits per heavy atom. The largest absolute Gasteiger partial charge is 0.478 e. The van der Waals surface area contributed by atoms with Gasteiger partial charge in [-0.15, -0.1) is 0 Å². The first kappa shape index (κ1) is 22.8. The molecule has 0 saturated carbocycles. The van der Waals surface area contributed by atoms with Crippen molar-refractivity contribution < 1.29 is 23.9 Å². The van der Waals surface area contributed by atoms with Crippen LogP contribution >= 0.6 is 0 Å². The maximum Gasteiger partial charge on any atom is 0.333 e. The average molecular weight is 460 g/mol. The summed E-state index contributed by atoms with van der Waals surface area (Å²) in [6.07, 6.45) is 4.18. The molecule has 2 heterocycles. The van der Waals surface area contributed by atoms with Gasteiger partial charge in [-0.3, -0.25) is 24.5 Å². The molecule has 172 valence electrons. The van der Waals surface area contributed by atoms with Crippen molar-refractivity contribution >= 4 is 23.5 Å². The first-order valence-electron chi connectivity index (χ1n) is 10.4. The highest BCUT2D eigenvalue weighted by molar-refractivity contribution is 6.06. The Bertz CT molecular complexity index is 1330. The quantitative estimate of drug-likeness (QED) is 0.600. The molecule has 0 spiro atoms. The lowest BCUT2D eigenvalue weighted by Crippen LogP contribution is -2.35. The van der Waals surface area contributed by atoms with Gasteiger partial charge in [0, 0.05) is 35.9 Å². The number of carboxylic acids is 1. The zero-order chi connectivity index (χ0) is 24.6. The van der Waals surface area contributed by atoms with E-state index in [4.69, 9.17) is 5.73 Å². The number of carbonyl (C=O) groups excluding carboxylic acids is 2. The van der Waals surface area contributed by atoms with Gasteiger partial charge in [-0.25, -0.2) is 9.18 Å². The second kappa shape index (κ2) is 8.86. The fourth-order valence-corrected chi connectivity index (χ4v) is 3.98. The zero-order valence-corrected chi connectivity index (χ0v) is 18.4. The van der Waals surface area contributed by atoms with Gasteiger partial charge in [0.2, 0.25) is 11.8 Å². The number of anilines is 1. The van der Waals surface area contributed by atoms with Gasteiger partial charge in [-0.05, 0) is 49.2 Å². The highest BCUT2D eigenvalue weighted by atomic mass is 19.1. The van der Waals surface area contributed by atoms with Crippen LogP contribution in [0.1, 0.15) is 39.5 Å².